The number of nitrogens with one attached hydrogen (secondary N) is 1. The summed E-state index contributed by atoms with van der Waals surface area (Å²) in [7, 11) is 7.77. The molecule has 1 aromatic heterocycles. The van der Waals surface area contributed by atoms with Gasteiger partial charge in [-0.1, -0.05) is 11.8 Å². The van der Waals surface area contributed by atoms with Crippen LogP contribution < -0.4 is 14.4 Å². The third-order valence-corrected chi connectivity index (χ3v) is 10.1. The molecule has 1 N–H and O–H groups in total. The third kappa shape index (κ3) is 10.2. The molecule has 0 atom stereocenters. The molecule has 0 saturated heterocycles. The molecule has 3 rings (SSSR count). The van der Waals surface area contributed by atoms with E-state index in [-0.39, 0.29) is 0 Å². The first-order valence-electron chi connectivity index (χ1n) is 10.1. The van der Waals surface area contributed by atoms with E-state index in [1.807, 2.05) is 67.7 Å². The Hall–Kier alpha value is -1.52. The summed E-state index contributed by atoms with van der Waals surface area (Å²) in [6.45, 7) is -5.45. The van der Waals surface area contributed by atoms with Gasteiger partial charge in [0.05, 0.1) is 0 Å². The number of anilines is 1. The van der Waals surface area contributed by atoms with Crippen LogP contribution in [-0.2, 0) is 41.7 Å². The maximum atomic E-state index is 5.61. The van der Waals surface area contributed by atoms with Crippen LogP contribution in [0.3, 0.4) is 0 Å². The van der Waals surface area contributed by atoms with E-state index in [0.717, 1.165) is 15.5 Å². The second-order valence-electron chi connectivity index (χ2n) is 6.34. The van der Waals surface area contributed by atoms with E-state index in [1.54, 1.807) is 24.2 Å². The van der Waals surface area contributed by atoms with Crippen molar-refractivity contribution in [2.45, 2.75) is 9.79 Å². The summed E-state index contributed by atoms with van der Waals surface area (Å²) >= 11 is 12.0. The highest BCUT2D eigenvalue weighted by atomic mass is 32.5. The zero-order valence-corrected chi connectivity index (χ0v) is 24.2. The number of nitrogens with zero attached hydrogens (tertiary/aromatic N) is 1. The van der Waals surface area contributed by atoms with Crippen molar-refractivity contribution in [3.05, 3.63) is 73.1 Å². The highest BCUT2D eigenvalue weighted by molar-refractivity contribution is 8.08. The fourth-order valence-corrected chi connectivity index (χ4v) is 5.04. The first-order chi connectivity index (χ1) is 16.8. The third-order valence-electron chi connectivity index (χ3n) is 4.18. The Morgan fingerprint density at radius 3 is 1.31 bits per heavy atom. The smallest absolute Gasteiger partial charge is 0.380 e. The largest absolute Gasteiger partial charge is 0.424 e. The molecule has 0 radical (unpaired) electrons. The van der Waals surface area contributed by atoms with Crippen molar-refractivity contribution in [1.82, 2.24) is 4.98 Å². The Bertz CT molecular complexity index is 1040. The van der Waals surface area contributed by atoms with Crippen LogP contribution in [-0.4, -0.2) is 40.5 Å². The molecule has 0 aliphatic carbocycles. The van der Waals surface area contributed by atoms with Crippen molar-refractivity contribution in [1.29, 1.82) is 0 Å². The predicted molar refractivity (Wildman–Crippen MR) is 149 cm³/mol. The minimum Gasteiger partial charge on any atom is -0.424 e. The van der Waals surface area contributed by atoms with Gasteiger partial charge in [-0.05, 0) is 60.7 Å². The van der Waals surface area contributed by atoms with Gasteiger partial charge in [-0.15, -0.1) is 0 Å². The number of pyridine rings is 1. The first kappa shape index (κ1) is 29.7. The van der Waals surface area contributed by atoms with E-state index in [4.69, 9.17) is 50.8 Å². The maximum absolute atomic E-state index is 5.61. The van der Waals surface area contributed by atoms with Gasteiger partial charge < -0.3 is 32.5 Å². The summed E-state index contributed by atoms with van der Waals surface area (Å²) in [6, 6.07) is 18.9. The molecule has 0 aliphatic heterocycles. The Morgan fingerprint density at radius 2 is 1.03 bits per heavy atom. The van der Waals surface area contributed by atoms with Gasteiger partial charge in [0.25, 0.3) is 0 Å². The summed E-state index contributed by atoms with van der Waals surface area (Å²) in [4.78, 5) is 5.93. The maximum Gasteiger partial charge on any atom is 0.380 e. The van der Waals surface area contributed by atoms with E-state index in [0.29, 0.717) is 11.5 Å². The lowest BCUT2D eigenvalue weighted by atomic mass is 10.3. The minimum absolute atomic E-state index is 0.597. The van der Waals surface area contributed by atoms with E-state index in [9.17, 15) is 0 Å². The fraction of sp³-hybridized carbons (Fsp3) is 0.227. The summed E-state index contributed by atoms with van der Waals surface area (Å²) in [5.74, 6) is 1.19. The van der Waals surface area contributed by atoms with Gasteiger partial charge in [0, 0.05) is 87.0 Å². The zero-order valence-electron chi connectivity index (χ0n) is 19.9. The Kier molecular flexibility index (Phi) is 12.6. The molecule has 3 aromatic rings. The van der Waals surface area contributed by atoms with Crippen molar-refractivity contribution in [2.75, 3.05) is 40.8 Å². The second-order valence-corrected chi connectivity index (χ2v) is 13.8. The average molecular weight is 575 g/mol. The molecular weight excluding hydrogens is 546 g/mol. The molecule has 13 heteroatoms. The second kappa shape index (κ2) is 14.9. The molecular formula is C22H28N2O6P2S3. The molecule has 0 bridgehead atoms. The predicted octanol–water partition coefficient (Wildman–Crippen LogP) is 6.75. The van der Waals surface area contributed by atoms with Crippen molar-refractivity contribution in [3.8, 4) is 11.5 Å². The van der Waals surface area contributed by atoms with E-state index >= 15 is 0 Å². The summed E-state index contributed by atoms with van der Waals surface area (Å²) < 4.78 is 31.7. The molecule has 0 fully saturated rings. The van der Waals surface area contributed by atoms with Gasteiger partial charge >= 0.3 is 13.4 Å². The van der Waals surface area contributed by atoms with E-state index in [1.165, 1.54) is 28.4 Å². The lowest BCUT2D eigenvalue weighted by Gasteiger charge is -2.18. The molecule has 35 heavy (non-hydrogen) atoms. The molecule has 0 spiro atoms. The van der Waals surface area contributed by atoms with Crippen LogP contribution in [0.4, 0.5) is 5.69 Å². The van der Waals surface area contributed by atoms with Crippen molar-refractivity contribution in [3.63, 3.8) is 0 Å². The van der Waals surface area contributed by atoms with Gasteiger partial charge in [0.15, 0.2) is 0 Å². The normalized spacial score (nSPS) is 11.2. The standard InChI is InChI=1S/C16H20O6P2S3.C6H8N2/c1-17-23(25,18-2)21-13-5-9-15(10-6-13)27-16-11-7-14(8-12-16)22-24(26,19-3)20-4;1-7-6-2-4-8-5-3-6/h5-12H,1-4H3;2-5H,1H3,(H,7,8). The number of aromatic nitrogens is 1. The van der Waals surface area contributed by atoms with Crippen LogP contribution >= 0.6 is 25.2 Å². The molecule has 0 amide bonds. The van der Waals surface area contributed by atoms with Crippen molar-refractivity contribution in [2.24, 2.45) is 0 Å². The number of benzene rings is 2. The lowest BCUT2D eigenvalue weighted by Crippen LogP contribution is -1.96. The monoisotopic (exact) mass is 574 g/mol. The van der Waals surface area contributed by atoms with Crippen LogP contribution in [0, 0.1) is 0 Å². The first-order valence-corrected chi connectivity index (χ1v) is 16.0. The summed E-state index contributed by atoms with van der Waals surface area (Å²) in [6.07, 6.45) is 3.51. The molecule has 190 valence electrons. The molecule has 0 aliphatic rings. The van der Waals surface area contributed by atoms with Crippen LogP contribution in [0.15, 0.2) is 82.8 Å². The highest BCUT2D eigenvalue weighted by Crippen LogP contribution is 2.49. The van der Waals surface area contributed by atoms with Gasteiger partial charge in [-0.3, -0.25) is 4.98 Å². The van der Waals surface area contributed by atoms with Gasteiger partial charge in [0.1, 0.15) is 11.5 Å². The van der Waals surface area contributed by atoms with Crippen LogP contribution in [0.1, 0.15) is 0 Å². The summed E-state index contributed by atoms with van der Waals surface area (Å²) in [5, 5.41) is 2.99. The number of hydrogen-bond acceptors (Lipinski definition) is 11. The van der Waals surface area contributed by atoms with Gasteiger partial charge in [-0.25, -0.2) is 0 Å². The number of rotatable bonds is 11. The average Bonchev–Trinajstić information content (AvgIpc) is 2.91. The van der Waals surface area contributed by atoms with Gasteiger partial charge in [-0.2, -0.15) is 0 Å². The van der Waals surface area contributed by atoms with Crippen LogP contribution in [0.25, 0.3) is 0 Å². The SMILES string of the molecule is CNc1ccncc1.COP(=S)(OC)Oc1ccc(Sc2ccc(OP(=S)(OC)OC)cc2)cc1. The van der Waals surface area contributed by atoms with Crippen molar-refractivity contribution < 1.29 is 27.1 Å². The van der Waals surface area contributed by atoms with Crippen LogP contribution in [0.2, 0.25) is 0 Å². The topological polar surface area (TPSA) is 80.3 Å². The highest BCUT2D eigenvalue weighted by Gasteiger charge is 2.19. The van der Waals surface area contributed by atoms with Crippen LogP contribution in [0.5, 0.6) is 11.5 Å². The fourth-order valence-electron chi connectivity index (χ4n) is 2.35. The molecule has 0 unspecified atom stereocenters. The Labute approximate surface area is 221 Å². The van der Waals surface area contributed by atoms with Gasteiger partial charge in [0.2, 0.25) is 0 Å². The molecule has 8 nitrogen and oxygen atoms in total. The van der Waals surface area contributed by atoms with Crippen molar-refractivity contribution >= 4 is 54.5 Å². The Balaban J connectivity index is 0.000000456. The quantitative estimate of drug-likeness (QED) is 0.247. The Morgan fingerprint density at radius 1 is 0.657 bits per heavy atom. The minimum atomic E-state index is -2.73. The molecule has 2 aromatic carbocycles. The zero-order chi connectivity index (χ0) is 25.7. The van der Waals surface area contributed by atoms with E-state index in [2.05, 4.69) is 10.3 Å². The van der Waals surface area contributed by atoms with E-state index < -0.39 is 13.4 Å². The lowest BCUT2D eigenvalue weighted by molar-refractivity contribution is 0.272. The molecule has 1 heterocycles. The molecule has 0 saturated carbocycles. The number of hydrogen-bond donors (Lipinski definition) is 1. The summed E-state index contributed by atoms with van der Waals surface area (Å²) in [5.41, 5.74) is 1.10.